The van der Waals surface area contributed by atoms with Gasteiger partial charge >= 0.3 is 0 Å². The number of azide groups is 2. The molecule has 1 fully saturated rings. The standard InChI is InChI=1S/C21H22N6O4S/c1-14(28)21(30)17(13-24-26-22)31-19(32-16-10-6-3-7-11-16)18(25-27-23)20(21,29)12-15-8-4-2-5-9-15/h2-11,17-19,29-30H,12-13H2,1H3/t17-,18-,19+,20-,21-/m1/s1. The molecule has 166 valence electrons. The van der Waals surface area contributed by atoms with Crippen molar-refractivity contribution in [1.82, 2.24) is 0 Å². The van der Waals surface area contributed by atoms with Gasteiger partial charge in [-0.1, -0.05) is 70.5 Å². The van der Waals surface area contributed by atoms with Crippen molar-refractivity contribution < 1.29 is 19.7 Å². The molecule has 0 radical (unpaired) electrons. The van der Waals surface area contributed by atoms with Crippen LogP contribution in [0, 0.1) is 0 Å². The van der Waals surface area contributed by atoms with E-state index in [0.717, 1.165) is 11.8 Å². The van der Waals surface area contributed by atoms with Crippen molar-refractivity contribution in [2.75, 3.05) is 6.54 Å². The van der Waals surface area contributed by atoms with Crippen LogP contribution in [0.15, 0.2) is 75.8 Å². The molecule has 2 aromatic rings. The number of hydrogen-bond acceptors (Lipinski definition) is 7. The van der Waals surface area contributed by atoms with E-state index in [4.69, 9.17) is 10.3 Å². The number of Topliss-reactive ketones (excluding diaryl/α,β-unsaturated/α-hetero) is 1. The molecule has 0 spiro atoms. The van der Waals surface area contributed by atoms with Gasteiger partial charge in [0.05, 0.1) is 6.54 Å². The van der Waals surface area contributed by atoms with Crippen LogP contribution in [0.4, 0.5) is 0 Å². The minimum absolute atomic E-state index is 0.199. The summed E-state index contributed by atoms with van der Waals surface area (Å²) in [7, 11) is 0. The van der Waals surface area contributed by atoms with Crippen molar-refractivity contribution in [1.29, 1.82) is 0 Å². The van der Waals surface area contributed by atoms with Crippen LogP contribution in [0.25, 0.3) is 20.9 Å². The van der Waals surface area contributed by atoms with Crippen molar-refractivity contribution in [3.8, 4) is 0 Å². The van der Waals surface area contributed by atoms with E-state index in [0.29, 0.717) is 5.56 Å². The lowest BCUT2D eigenvalue weighted by Gasteiger charge is -2.54. The molecule has 10 nitrogen and oxygen atoms in total. The Balaban J connectivity index is 2.16. The third-order valence-electron chi connectivity index (χ3n) is 5.51. The van der Waals surface area contributed by atoms with E-state index >= 15 is 0 Å². The Morgan fingerprint density at radius 1 is 1.09 bits per heavy atom. The van der Waals surface area contributed by atoms with Crippen molar-refractivity contribution in [3.05, 3.63) is 87.1 Å². The highest BCUT2D eigenvalue weighted by Gasteiger charge is 2.66. The molecule has 1 aliphatic heterocycles. The van der Waals surface area contributed by atoms with E-state index in [9.17, 15) is 20.5 Å². The lowest BCUT2D eigenvalue weighted by atomic mass is 9.67. The second-order valence-electron chi connectivity index (χ2n) is 7.40. The SMILES string of the molecule is CC(=O)[C@@]1(O)[C@@H](CN=[N+]=[N-])O[C@@H](Sc2ccccc2)[C@@H](N=[N+]=[N-])[C@]1(O)Cc1ccccc1. The highest BCUT2D eigenvalue weighted by molar-refractivity contribution is 7.99. The van der Waals surface area contributed by atoms with E-state index < -0.39 is 41.1 Å². The predicted octanol–water partition coefficient (Wildman–Crippen LogP) is 3.79. The lowest BCUT2D eigenvalue weighted by molar-refractivity contribution is -0.253. The number of rotatable bonds is 8. The molecule has 0 aliphatic carbocycles. The second kappa shape index (κ2) is 10.1. The maximum absolute atomic E-state index is 12.7. The number of nitrogens with zero attached hydrogens (tertiary/aromatic N) is 6. The number of ketones is 1. The molecule has 0 aromatic heterocycles. The van der Waals surface area contributed by atoms with Crippen LogP contribution in [-0.2, 0) is 16.0 Å². The highest BCUT2D eigenvalue weighted by Crippen LogP contribution is 2.47. The first-order valence-electron chi connectivity index (χ1n) is 9.78. The summed E-state index contributed by atoms with van der Waals surface area (Å²) in [5.74, 6) is -0.796. The van der Waals surface area contributed by atoms with Crippen molar-refractivity contribution in [3.63, 3.8) is 0 Å². The van der Waals surface area contributed by atoms with E-state index in [-0.39, 0.29) is 6.42 Å². The van der Waals surface area contributed by atoms with Crippen LogP contribution >= 0.6 is 11.8 Å². The molecule has 2 N–H and O–H groups in total. The van der Waals surface area contributed by atoms with Crippen molar-refractivity contribution in [2.45, 2.75) is 47.0 Å². The summed E-state index contributed by atoms with van der Waals surface area (Å²) in [4.78, 5) is 19.1. The molecule has 1 saturated heterocycles. The molecule has 0 unspecified atom stereocenters. The van der Waals surface area contributed by atoms with Crippen LogP contribution in [0.5, 0.6) is 0 Å². The zero-order chi connectivity index (χ0) is 23.2. The monoisotopic (exact) mass is 454 g/mol. The number of thioether (sulfide) groups is 1. The minimum Gasteiger partial charge on any atom is -0.385 e. The summed E-state index contributed by atoms with van der Waals surface area (Å²) in [6.07, 6.45) is -1.56. The Hall–Kier alpha value is -3.04. The summed E-state index contributed by atoms with van der Waals surface area (Å²) in [5.41, 5.74) is 13.0. The molecule has 1 heterocycles. The summed E-state index contributed by atoms with van der Waals surface area (Å²) in [6, 6.07) is 16.5. The van der Waals surface area contributed by atoms with Gasteiger partial charge in [-0.3, -0.25) is 4.79 Å². The Labute approximate surface area is 188 Å². The fourth-order valence-electron chi connectivity index (χ4n) is 3.96. The van der Waals surface area contributed by atoms with Crippen LogP contribution in [0.2, 0.25) is 0 Å². The molecular weight excluding hydrogens is 432 g/mol. The van der Waals surface area contributed by atoms with E-state index in [2.05, 4.69) is 20.1 Å². The number of benzene rings is 2. The van der Waals surface area contributed by atoms with E-state index in [1.807, 2.05) is 30.3 Å². The Bertz CT molecular complexity index is 1040. The fraction of sp³-hybridized carbons (Fsp3) is 0.381. The minimum atomic E-state index is -2.50. The molecule has 32 heavy (non-hydrogen) atoms. The third-order valence-corrected chi connectivity index (χ3v) is 6.65. The predicted molar refractivity (Wildman–Crippen MR) is 119 cm³/mol. The molecule has 2 aromatic carbocycles. The van der Waals surface area contributed by atoms with Gasteiger partial charge in [-0.2, -0.15) is 0 Å². The molecule has 0 bridgehead atoms. The highest BCUT2D eigenvalue weighted by atomic mass is 32.2. The maximum atomic E-state index is 12.7. The van der Waals surface area contributed by atoms with Gasteiger partial charge in [-0.15, -0.1) is 0 Å². The number of hydrogen-bond donors (Lipinski definition) is 2. The zero-order valence-electron chi connectivity index (χ0n) is 17.2. The zero-order valence-corrected chi connectivity index (χ0v) is 18.0. The summed E-state index contributed by atoms with van der Waals surface area (Å²) in [5, 5.41) is 30.8. The molecule has 1 aliphatic rings. The first kappa shape index (κ1) is 23.6. The molecule has 11 heteroatoms. The number of carbonyl (C=O) groups excluding carboxylic acids is 1. The number of aliphatic hydroxyl groups is 2. The smallest absolute Gasteiger partial charge is 0.178 e. The van der Waals surface area contributed by atoms with Gasteiger partial charge in [0, 0.05) is 21.1 Å². The Kier molecular flexibility index (Phi) is 7.42. The van der Waals surface area contributed by atoms with Crippen molar-refractivity contribution in [2.24, 2.45) is 10.2 Å². The lowest BCUT2D eigenvalue weighted by Crippen LogP contribution is -2.76. The van der Waals surface area contributed by atoms with Gasteiger partial charge in [-0.25, -0.2) is 0 Å². The van der Waals surface area contributed by atoms with Crippen LogP contribution in [-0.4, -0.2) is 51.3 Å². The Morgan fingerprint density at radius 3 is 2.28 bits per heavy atom. The van der Waals surface area contributed by atoms with E-state index in [1.54, 1.807) is 30.3 Å². The second-order valence-corrected chi connectivity index (χ2v) is 8.57. The van der Waals surface area contributed by atoms with Crippen LogP contribution in [0.1, 0.15) is 12.5 Å². The molecule has 3 rings (SSSR count). The van der Waals surface area contributed by atoms with E-state index in [1.165, 1.54) is 11.8 Å². The quantitative estimate of drug-likeness (QED) is 0.351. The molecule has 5 atom stereocenters. The molecular formula is C21H22N6O4S. The maximum Gasteiger partial charge on any atom is 0.178 e. The normalized spacial score (nSPS) is 29.4. The average Bonchev–Trinajstić information content (AvgIpc) is 2.79. The van der Waals surface area contributed by atoms with Gasteiger partial charge in [0.1, 0.15) is 23.2 Å². The van der Waals surface area contributed by atoms with Gasteiger partial charge in [-0.05, 0) is 35.7 Å². The fourth-order valence-corrected chi connectivity index (χ4v) is 5.14. The van der Waals surface area contributed by atoms with Crippen LogP contribution in [0.3, 0.4) is 0 Å². The summed E-state index contributed by atoms with van der Waals surface area (Å²) < 4.78 is 5.97. The Morgan fingerprint density at radius 2 is 1.72 bits per heavy atom. The first-order valence-corrected chi connectivity index (χ1v) is 10.7. The van der Waals surface area contributed by atoms with Gasteiger partial charge < -0.3 is 14.9 Å². The topological polar surface area (TPSA) is 164 Å². The van der Waals surface area contributed by atoms with Crippen LogP contribution < -0.4 is 0 Å². The summed E-state index contributed by atoms with van der Waals surface area (Å²) >= 11 is 1.17. The summed E-state index contributed by atoms with van der Waals surface area (Å²) in [6.45, 7) is 0.707. The van der Waals surface area contributed by atoms with Gasteiger partial charge in [0.15, 0.2) is 11.4 Å². The molecule has 0 amide bonds. The first-order chi connectivity index (χ1) is 15.4. The van der Waals surface area contributed by atoms with Crippen molar-refractivity contribution >= 4 is 17.5 Å². The third kappa shape index (κ3) is 4.44. The number of carbonyl (C=O) groups is 1. The van der Waals surface area contributed by atoms with Gasteiger partial charge in [0.25, 0.3) is 0 Å². The average molecular weight is 455 g/mol. The molecule has 0 saturated carbocycles. The largest absolute Gasteiger partial charge is 0.385 e. The van der Waals surface area contributed by atoms with Gasteiger partial charge in [0.2, 0.25) is 0 Å². The number of ether oxygens (including phenoxy) is 1.